The van der Waals surface area contributed by atoms with Gasteiger partial charge in [-0.05, 0) is 69.7 Å². The average Bonchev–Trinajstić information content (AvgIpc) is 3.79. The third-order valence-electron chi connectivity index (χ3n) is 8.38. The van der Waals surface area contributed by atoms with E-state index in [-0.39, 0.29) is 35.2 Å². The summed E-state index contributed by atoms with van der Waals surface area (Å²) in [5.41, 5.74) is 1.13. The number of hydrogen-bond acceptors (Lipinski definition) is 7. The molecule has 264 valence electrons. The third-order valence-corrected chi connectivity index (χ3v) is 9.65. The molecule has 3 amide bonds. The lowest BCUT2D eigenvalue weighted by molar-refractivity contribution is -0.134. The second-order valence-electron chi connectivity index (χ2n) is 14.2. The van der Waals surface area contributed by atoms with Crippen molar-refractivity contribution >= 4 is 35.3 Å². The van der Waals surface area contributed by atoms with E-state index in [1.165, 1.54) is 0 Å². The summed E-state index contributed by atoms with van der Waals surface area (Å²) in [5.74, 6) is -0.158. The van der Waals surface area contributed by atoms with Crippen molar-refractivity contribution in [3.63, 3.8) is 0 Å². The molecule has 3 rings (SSSR count). The van der Waals surface area contributed by atoms with Crippen LogP contribution in [0.25, 0.3) is 0 Å². The molecular formula is C38H56N4O5S. The molecular weight excluding hydrogens is 625 g/mol. The van der Waals surface area contributed by atoms with Gasteiger partial charge in [-0.15, -0.1) is 11.8 Å². The summed E-state index contributed by atoms with van der Waals surface area (Å²) in [5, 5.41) is 8.62. The van der Waals surface area contributed by atoms with E-state index in [2.05, 4.69) is 33.0 Å². The molecule has 2 aromatic carbocycles. The monoisotopic (exact) mass is 680 g/mol. The molecule has 1 fully saturated rings. The van der Waals surface area contributed by atoms with Crippen LogP contribution in [0.4, 0.5) is 0 Å². The lowest BCUT2D eigenvalue weighted by atomic mass is 9.93. The summed E-state index contributed by atoms with van der Waals surface area (Å²) >= 11 is 1.60. The largest absolute Gasteiger partial charge is 0.361 e. The minimum Gasteiger partial charge on any atom is -0.361 e. The summed E-state index contributed by atoms with van der Waals surface area (Å²) < 4.78 is 5.41. The second kappa shape index (κ2) is 19.1. The summed E-state index contributed by atoms with van der Waals surface area (Å²) in [6.45, 7) is 10.9. The Morgan fingerprint density at radius 3 is 1.81 bits per heavy atom. The second-order valence-corrected chi connectivity index (χ2v) is 15.5. The van der Waals surface area contributed by atoms with Gasteiger partial charge in [0.1, 0.15) is 17.7 Å². The normalized spacial score (nSPS) is 18.2. The van der Waals surface area contributed by atoms with Crippen molar-refractivity contribution in [3.8, 4) is 0 Å². The van der Waals surface area contributed by atoms with Gasteiger partial charge in [0.05, 0.1) is 17.9 Å². The molecule has 0 bridgehead atoms. The smallest absolute Gasteiger partial charge is 0.243 e. The lowest BCUT2D eigenvalue weighted by Crippen LogP contribution is -2.58. The van der Waals surface area contributed by atoms with Crippen LogP contribution in [0.2, 0.25) is 0 Å². The minimum atomic E-state index is -0.954. The molecule has 10 heteroatoms. The maximum atomic E-state index is 14.0. The van der Waals surface area contributed by atoms with Gasteiger partial charge < -0.3 is 25.6 Å². The van der Waals surface area contributed by atoms with Crippen LogP contribution in [0.1, 0.15) is 65.0 Å². The predicted octanol–water partition coefficient (Wildman–Crippen LogP) is 4.43. The summed E-state index contributed by atoms with van der Waals surface area (Å²) in [7, 11) is 4.01. The highest BCUT2D eigenvalue weighted by molar-refractivity contribution is 8.00. The highest BCUT2D eigenvalue weighted by Crippen LogP contribution is 2.29. The maximum absolute atomic E-state index is 14.0. The molecule has 5 atom stereocenters. The number of carbonyl (C=O) groups is 4. The Labute approximate surface area is 291 Å². The summed E-state index contributed by atoms with van der Waals surface area (Å²) in [6, 6.07) is 17.0. The van der Waals surface area contributed by atoms with Gasteiger partial charge >= 0.3 is 0 Å². The minimum absolute atomic E-state index is 0.110. The fourth-order valence-electron chi connectivity index (χ4n) is 5.50. The standard InChI is InChI=1S/C38H56N4O5S/c1-26(2)22-30(34(43)38(5)25-47-38)39-36(45)32(24-29-16-12-9-13-17-29)40-35(44)31(23-27(3)4)41-37(46)33(48-21-20-42(6)7)19-18-28-14-10-8-11-15-28/h8-17,26-27,30-33H,18-25H2,1-7H3,(H,39,45)(H,40,44)(H,41,46)/t30-,31-,32-,33-,38+/m0/s1. The number of aryl methyl sites for hydroxylation is 1. The van der Waals surface area contributed by atoms with Crippen molar-refractivity contribution in [3.05, 3.63) is 71.8 Å². The Bertz CT molecular complexity index is 1320. The van der Waals surface area contributed by atoms with E-state index in [0.717, 1.165) is 29.8 Å². The van der Waals surface area contributed by atoms with Crippen molar-refractivity contribution in [2.45, 2.75) is 95.7 Å². The number of nitrogens with zero attached hydrogens (tertiary/aromatic N) is 1. The number of ether oxygens (including phenoxy) is 1. The zero-order valence-electron chi connectivity index (χ0n) is 29.8. The number of epoxide rings is 1. The SMILES string of the molecule is CC(C)C[C@H](NC(=O)[C@H](CCc1ccccc1)SCCN(C)C)C(=O)N[C@@H](Cc1ccccc1)C(=O)N[C@@H](CC(C)C)C(=O)[C@@]1(C)CO1. The topological polar surface area (TPSA) is 120 Å². The number of rotatable bonds is 21. The Kier molecular flexibility index (Phi) is 15.6. The first-order valence-corrected chi connectivity index (χ1v) is 18.3. The molecule has 0 radical (unpaired) electrons. The van der Waals surface area contributed by atoms with E-state index in [1.54, 1.807) is 18.7 Å². The van der Waals surface area contributed by atoms with Crippen LogP contribution in [0, 0.1) is 11.8 Å². The number of benzene rings is 2. The molecule has 1 heterocycles. The molecule has 9 nitrogen and oxygen atoms in total. The van der Waals surface area contributed by atoms with Crippen molar-refractivity contribution < 1.29 is 23.9 Å². The Morgan fingerprint density at radius 2 is 1.27 bits per heavy atom. The van der Waals surface area contributed by atoms with Crippen molar-refractivity contribution in [2.75, 3.05) is 33.0 Å². The molecule has 1 saturated heterocycles. The van der Waals surface area contributed by atoms with Crippen LogP contribution in [0.15, 0.2) is 60.7 Å². The molecule has 0 unspecified atom stereocenters. The first kappa shape index (κ1) is 39.2. The summed E-state index contributed by atoms with van der Waals surface area (Å²) in [4.78, 5) is 57.1. The quantitative estimate of drug-likeness (QED) is 0.167. The van der Waals surface area contributed by atoms with Gasteiger partial charge in [-0.1, -0.05) is 88.4 Å². The molecule has 0 spiro atoms. The van der Waals surface area contributed by atoms with Gasteiger partial charge in [-0.3, -0.25) is 19.2 Å². The van der Waals surface area contributed by atoms with Crippen molar-refractivity contribution in [2.24, 2.45) is 11.8 Å². The fourth-order valence-corrected chi connectivity index (χ4v) is 6.76. The Hall–Kier alpha value is -3.21. The first-order chi connectivity index (χ1) is 22.8. The number of thioether (sulfide) groups is 1. The van der Waals surface area contributed by atoms with E-state index in [1.807, 2.05) is 90.3 Å². The van der Waals surface area contributed by atoms with Gasteiger partial charge in [0, 0.05) is 18.7 Å². The highest BCUT2D eigenvalue weighted by Gasteiger charge is 2.50. The van der Waals surface area contributed by atoms with Crippen molar-refractivity contribution in [1.82, 2.24) is 20.9 Å². The van der Waals surface area contributed by atoms with Crippen LogP contribution in [0.5, 0.6) is 0 Å². The van der Waals surface area contributed by atoms with Gasteiger partial charge in [-0.2, -0.15) is 0 Å². The Morgan fingerprint density at radius 1 is 0.771 bits per heavy atom. The van der Waals surface area contributed by atoms with Crippen LogP contribution in [0.3, 0.4) is 0 Å². The van der Waals surface area contributed by atoms with Crippen LogP contribution in [-0.4, -0.2) is 90.4 Å². The van der Waals surface area contributed by atoms with Crippen LogP contribution >= 0.6 is 11.8 Å². The molecule has 0 aliphatic carbocycles. The fraction of sp³-hybridized carbons (Fsp3) is 0.579. The average molecular weight is 681 g/mol. The number of Topliss-reactive ketones (excluding diaryl/α,β-unsaturated/α-hetero) is 1. The highest BCUT2D eigenvalue weighted by atomic mass is 32.2. The number of carbonyl (C=O) groups excluding carboxylic acids is 4. The van der Waals surface area contributed by atoms with Crippen molar-refractivity contribution in [1.29, 1.82) is 0 Å². The van der Waals surface area contributed by atoms with Crippen LogP contribution < -0.4 is 16.0 Å². The molecule has 1 aliphatic rings. The summed E-state index contributed by atoms with van der Waals surface area (Å²) in [6.07, 6.45) is 2.48. The van der Waals surface area contributed by atoms with Gasteiger partial charge in [0.2, 0.25) is 17.7 Å². The van der Waals surface area contributed by atoms with Crippen LogP contribution in [-0.2, 0) is 36.8 Å². The molecule has 48 heavy (non-hydrogen) atoms. The van der Waals surface area contributed by atoms with E-state index in [0.29, 0.717) is 25.9 Å². The maximum Gasteiger partial charge on any atom is 0.243 e. The predicted molar refractivity (Wildman–Crippen MR) is 194 cm³/mol. The molecule has 0 saturated carbocycles. The van der Waals surface area contributed by atoms with E-state index >= 15 is 0 Å². The van der Waals surface area contributed by atoms with E-state index in [9.17, 15) is 19.2 Å². The number of amides is 3. The molecule has 0 aromatic heterocycles. The molecule has 2 aromatic rings. The van der Waals surface area contributed by atoms with E-state index in [4.69, 9.17) is 4.74 Å². The van der Waals surface area contributed by atoms with Gasteiger partial charge in [-0.25, -0.2) is 0 Å². The van der Waals surface area contributed by atoms with Gasteiger partial charge in [0.25, 0.3) is 0 Å². The third kappa shape index (κ3) is 13.4. The first-order valence-electron chi connectivity index (χ1n) is 17.2. The number of nitrogens with one attached hydrogen (secondary N) is 3. The molecule has 3 N–H and O–H groups in total. The molecule has 1 aliphatic heterocycles. The zero-order valence-corrected chi connectivity index (χ0v) is 30.6. The lowest BCUT2D eigenvalue weighted by Gasteiger charge is -2.28. The zero-order chi connectivity index (χ0) is 35.3. The van der Waals surface area contributed by atoms with E-state index < -0.39 is 35.5 Å². The number of ketones is 1. The number of hydrogen-bond donors (Lipinski definition) is 3. The Balaban J connectivity index is 1.79. The van der Waals surface area contributed by atoms with Gasteiger partial charge in [0.15, 0.2) is 5.78 Å².